The van der Waals surface area contributed by atoms with Crippen molar-refractivity contribution in [1.29, 1.82) is 0 Å². The molecule has 2 fully saturated rings. The van der Waals surface area contributed by atoms with E-state index in [1.54, 1.807) is 19.0 Å². The molecule has 3 aliphatic rings. The molecule has 1 spiro atoms. The molecule has 6 heteroatoms. The smallest absolute Gasteiger partial charge is 0.319 e. The van der Waals surface area contributed by atoms with Crippen LogP contribution in [0.5, 0.6) is 5.75 Å². The van der Waals surface area contributed by atoms with Gasteiger partial charge in [0.15, 0.2) is 0 Å². The Labute approximate surface area is 167 Å². The van der Waals surface area contributed by atoms with Crippen LogP contribution < -0.4 is 4.74 Å². The largest absolute Gasteiger partial charge is 0.487 e. The maximum atomic E-state index is 12.8. The van der Waals surface area contributed by atoms with Gasteiger partial charge in [-0.25, -0.2) is 4.79 Å². The lowest BCUT2D eigenvalue weighted by Gasteiger charge is -2.47. The first-order valence-electron chi connectivity index (χ1n) is 10.5. The van der Waals surface area contributed by atoms with Crippen molar-refractivity contribution in [1.82, 2.24) is 14.7 Å². The summed E-state index contributed by atoms with van der Waals surface area (Å²) in [7, 11) is 3.58. The van der Waals surface area contributed by atoms with Crippen LogP contribution in [0.2, 0.25) is 0 Å². The highest BCUT2D eigenvalue weighted by Crippen LogP contribution is 2.46. The molecular formula is C22H31N3O3. The van der Waals surface area contributed by atoms with Crippen LogP contribution in [0, 0.1) is 0 Å². The Balaban J connectivity index is 1.50. The van der Waals surface area contributed by atoms with Crippen molar-refractivity contribution in [2.45, 2.75) is 50.0 Å². The summed E-state index contributed by atoms with van der Waals surface area (Å²) in [6, 6.07) is 8.23. The van der Waals surface area contributed by atoms with Crippen LogP contribution in [-0.4, -0.2) is 72.5 Å². The Morgan fingerprint density at radius 3 is 2.43 bits per heavy atom. The highest BCUT2D eigenvalue weighted by Gasteiger charge is 2.44. The van der Waals surface area contributed by atoms with Crippen molar-refractivity contribution in [3.05, 3.63) is 29.8 Å². The average Bonchev–Trinajstić information content (AvgIpc) is 3.23. The van der Waals surface area contributed by atoms with Crippen molar-refractivity contribution in [2.24, 2.45) is 0 Å². The number of benzene rings is 1. The van der Waals surface area contributed by atoms with Gasteiger partial charge in [-0.2, -0.15) is 0 Å². The van der Waals surface area contributed by atoms with Gasteiger partial charge in [0.2, 0.25) is 5.91 Å². The number of carbonyl (C=O) groups is 2. The molecule has 28 heavy (non-hydrogen) atoms. The maximum Gasteiger partial charge on any atom is 0.319 e. The minimum Gasteiger partial charge on any atom is -0.487 e. The van der Waals surface area contributed by atoms with Gasteiger partial charge in [0.25, 0.3) is 0 Å². The lowest BCUT2D eigenvalue weighted by molar-refractivity contribution is -0.131. The van der Waals surface area contributed by atoms with Crippen molar-refractivity contribution < 1.29 is 14.3 Å². The van der Waals surface area contributed by atoms with Crippen LogP contribution in [0.3, 0.4) is 0 Å². The molecule has 0 saturated carbocycles. The van der Waals surface area contributed by atoms with E-state index < -0.39 is 0 Å². The first-order chi connectivity index (χ1) is 13.5. The molecule has 0 unspecified atom stereocenters. The first kappa shape index (κ1) is 19.1. The van der Waals surface area contributed by atoms with Gasteiger partial charge in [-0.3, -0.25) is 4.79 Å². The number of likely N-dealkylation sites (tertiary alicyclic amines) is 2. The fourth-order valence-corrected chi connectivity index (χ4v) is 4.93. The van der Waals surface area contributed by atoms with Gasteiger partial charge in [-0.15, -0.1) is 0 Å². The Morgan fingerprint density at radius 1 is 1.07 bits per heavy atom. The number of ether oxygens (including phenoxy) is 1. The number of urea groups is 1. The predicted molar refractivity (Wildman–Crippen MR) is 107 cm³/mol. The van der Waals surface area contributed by atoms with Crippen molar-refractivity contribution >= 4 is 11.9 Å². The number of hydrogen-bond donors (Lipinski definition) is 0. The van der Waals surface area contributed by atoms with E-state index >= 15 is 0 Å². The third kappa shape index (κ3) is 3.69. The molecule has 1 atom stereocenters. The summed E-state index contributed by atoms with van der Waals surface area (Å²) >= 11 is 0. The molecule has 0 aromatic heterocycles. The van der Waals surface area contributed by atoms with Gasteiger partial charge in [-0.05, 0) is 30.9 Å². The molecule has 2 saturated heterocycles. The summed E-state index contributed by atoms with van der Waals surface area (Å²) in [6.07, 6.45) is 5.28. The Hall–Kier alpha value is -2.24. The SMILES string of the molecule is CN(C)C(=O)N1CCC2(CC1)C[C@@H](CC(=O)N1CCCC1)c1ccccc1O2. The third-order valence-electron chi connectivity index (χ3n) is 6.51. The second kappa shape index (κ2) is 7.64. The van der Waals surface area contributed by atoms with Gasteiger partial charge >= 0.3 is 6.03 Å². The van der Waals surface area contributed by atoms with Gasteiger partial charge in [0.1, 0.15) is 11.4 Å². The number of piperidine rings is 1. The molecule has 1 aromatic rings. The van der Waals surface area contributed by atoms with Crippen LogP contribution in [-0.2, 0) is 4.79 Å². The standard InChI is InChI=1S/C22H31N3O3/c1-23(2)21(27)25-13-9-22(10-14-25)16-17(15-20(26)24-11-5-6-12-24)18-7-3-4-8-19(18)28-22/h3-4,7-8,17H,5-6,9-16H2,1-2H3/t17-/m1/s1. The van der Waals surface area contributed by atoms with E-state index in [2.05, 4.69) is 6.07 Å². The van der Waals surface area contributed by atoms with Crippen LogP contribution in [0.15, 0.2) is 24.3 Å². The van der Waals surface area contributed by atoms with Gasteiger partial charge < -0.3 is 19.4 Å². The highest BCUT2D eigenvalue weighted by atomic mass is 16.5. The number of rotatable bonds is 2. The van der Waals surface area contributed by atoms with E-state index in [1.165, 1.54) is 0 Å². The lowest BCUT2D eigenvalue weighted by atomic mass is 9.76. The third-order valence-corrected chi connectivity index (χ3v) is 6.51. The van der Waals surface area contributed by atoms with E-state index in [4.69, 9.17) is 4.74 Å². The zero-order chi connectivity index (χ0) is 19.7. The van der Waals surface area contributed by atoms with Crippen LogP contribution in [0.25, 0.3) is 0 Å². The maximum absolute atomic E-state index is 12.8. The summed E-state index contributed by atoms with van der Waals surface area (Å²) in [5, 5.41) is 0. The minimum atomic E-state index is -0.270. The Bertz CT molecular complexity index is 734. The number of para-hydroxylation sites is 1. The van der Waals surface area contributed by atoms with Gasteiger partial charge in [-0.1, -0.05) is 18.2 Å². The van der Waals surface area contributed by atoms with Gasteiger partial charge in [0, 0.05) is 65.5 Å². The molecule has 3 aliphatic heterocycles. The molecule has 4 rings (SSSR count). The summed E-state index contributed by atoms with van der Waals surface area (Å²) in [4.78, 5) is 30.7. The number of nitrogens with zero attached hydrogens (tertiary/aromatic N) is 3. The number of amides is 3. The molecule has 6 nitrogen and oxygen atoms in total. The minimum absolute atomic E-state index is 0.0619. The molecule has 0 N–H and O–H groups in total. The zero-order valence-corrected chi connectivity index (χ0v) is 17.0. The normalized spacial score (nSPS) is 23.3. The quantitative estimate of drug-likeness (QED) is 0.786. The zero-order valence-electron chi connectivity index (χ0n) is 17.0. The second-order valence-electron chi connectivity index (χ2n) is 8.68. The monoisotopic (exact) mass is 385 g/mol. The van der Waals surface area contributed by atoms with E-state index in [-0.39, 0.29) is 23.5 Å². The molecule has 0 bridgehead atoms. The van der Waals surface area contributed by atoms with Crippen LogP contribution in [0.4, 0.5) is 4.79 Å². The fraction of sp³-hybridized carbons (Fsp3) is 0.636. The average molecular weight is 386 g/mol. The van der Waals surface area contributed by atoms with Crippen molar-refractivity contribution in [2.75, 3.05) is 40.3 Å². The van der Waals surface area contributed by atoms with Gasteiger partial charge in [0.05, 0.1) is 0 Å². The van der Waals surface area contributed by atoms with Crippen LogP contribution >= 0.6 is 0 Å². The molecular weight excluding hydrogens is 354 g/mol. The molecule has 0 radical (unpaired) electrons. The molecule has 1 aromatic carbocycles. The topological polar surface area (TPSA) is 53.1 Å². The fourth-order valence-electron chi connectivity index (χ4n) is 4.93. The van der Waals surface area contributed by atoms with E-state index in [0.717, 1.165) is 56.5 Å². The number of hydrogen-bond acceptors (Lipinski definition) is 3. The predicted octanol–water partition coefficient (Wildman–Crippen LogP) is 3.08. The lowest BCUT2D eigenvalue weighted by Crippen LogP contribution is -2.53. The van der Waals surface area contributed by atoms with Crippen LogP contribution in [0.1, 0.15) is 50.0 Å². The Kier molecular flexibility index (Phi) is 5.21. The van der Waals surface area contributed by atoms with Crippen molar-refractivity contribution in [3.63, 3.8) is 0 Å². The first-order valence-corrected chi connectivity index (χ1v) is 10.5. The van der Waals surface area contributed by atoms with E-state index in [1.807, 2.05) is 28.0 Å². The van der Waals surface area contributed by atoms with Crippen molar-refractivity contribution in [3.8, 4) is 5.75 Å². The summed E-state index contributed by atoms with van der Waals surface area (Å²) < 4.78 is 6.51. The number of fused-ring (bicyclic) bond motifs is 1. The van der Waals surface area contributed by atoms with E-state index in [0.29, 0.717) is 19.5 Å². The summed E-state index contributed by atoms with van der Waals surface area (Å²) in [5.74, 6) is 1.38. The summed E-state index contributed by atoms with van der Waals surface area (Å²) in [6.45, 7) is 3.20. The molecule has 0 aliphatic carbocycles. The highest BCUT2D eigenvalue weighted by molar-refractivity contribution is 5.77. The molecule has 3 heterocycles. The Morgan fingerprint density at radius 2 is 1.75 bits per heavy atom. The number of carbonyl (C=O) groups excluding carboxylic acids is 2. The second-order valence-corrected chi connectivity index (χ2v) is 8.68. The molecule has 3 amide bonds. The summed E-state index contributed by atoms with van der Waals surface area (Å²) in [5.41, 5.74) is 0.889. The molecule has 152 valence electrons. The van der Waals surface area contributed by atoms with E-state index in [9.17, 15) is 9.59 Å².